The zero-order chi connectivity index (χ0) is 24.8. The molecule has 1 aromatic heterocycles. The van der Waals surface area contributed by atoms with Crippen LogP contribution in [0.3, 0.4) is 0 Å². The van der Waals surface area contributed by atoms with Gasteiger partial charge >= 0.3 is 0 Å². The highest BCUT2D eigenvalue weighted by molar-refractivity contribution is 7.99. The van der Waals surface area contributed by atoms with Gasteiger partial charge in [0.2, 0.25) is 5.91 Å². The summed E-state index contributed by atoms with van der Waals surface area (Å²) in [5, 5.41) is 12.7. The van der Waals surface area contributed by atoms with Crippen molar-refractivity contribution < 1.29 is 9.59 Å². The van der Waals surface area contributed by atoms with Gasteiger partial charge in [-0.3, -0.25) is 9.59 Å². The van der Waals surface area contributed by atoms with E-state index in [1.54, 1.807) is 12.1 Å². The smallest absolute Gasteiger partial charge is 0.253 e. The van der Waals surface area contributed by atoms with Crippen molar-refractivity contribution in [1.29, 1.82) is 0 Å². The molecule has 0 spiro atoms. The number of amides is 2. The van der Waals surface area contributed by atoms with Crippen LogP contribution in [0.5, 0.6) is 0 Å². The predicted molar refractivity (Wildman–Crippen MR) is 139 cm³/mol. The number of aromatic nitrogens is 3. The second-order valence-corrected chi connectivity index (χ2v) is 9.73. The normalized spacial score (nSPS) is 13.7. The summed E-state index contributed by atoms with van der Waals surface area (Å²) < 4.78 is 1.90. The lowest BCUT2D eigenvalue weighted by molar-refractivity contribution is -0.128. The first-order valence-electron chi connectivity index (χ1n) is 11.3. The number of benzene rings is 2. The Hall–Kier alpha value is -2.75. The predicted octanol–water partition coefficient (Wildman–Crippen LogP) is 3.98. The van der Waals surface area contributed by atoms with Crippen molar-refractivity contribution >= 4 is 52.5 Å². The van der Waals surface area contributed by atoms with Gasteiger partial charge in [0.25, 0.3) is 5.91 Å². The number of para-hydroxylation sites is 1. The summed E-state index contributed by atoms with van der Waals surface area (Å²) in [4.78, 5) is 29.5. The van der Waals surface area contributed by atoms with Crippen LogP contribution in [0.25, 0.3) is 0 Å². The Balaban J connectivity index is 1.29. The van der Waals surface area contributed by atoms with Crippen LogP contribution in [-0.2, 0) is 17.9 Å². The fourth-order valence-electron chi connectivity index (χ4n) is 3.87. The molecule has 1 aliphatic rings. The van der Waals surface area contributed by atoms with Gasteiger partial charge in [0, 0.05) is 43.4 Å². The lowest BCUT2D eigenvalue weighted by atomic mass is 10.2. The van der Waals surface area contributed by atoms with Crippen molar-refractivity contribution in [2.75, 3.05) is 36.8 Å². The molecule has 0 saturated carbocycles. The number of halogens is 2. The maximum absolute atomic E-state index is 12.8. The van der Waals surface area contributed by atoms with Crippen molar-refractivity contribution in [2.45, 2.75) is 25.2 Å². The van der Waals surface area contributed by atoms with Gasteiger partial charge in [-0.25, -0.2) is 0 Å². The number of piperazine rings is 1. The molecule has 8 nitrogen and oxygen atoms in total. The van der Waals surface area contributed by atoms with Crippen LogP contribution in [0.1, 0.15) is 23.1 Å². The van der Waals surface area contributed by atoms with Crippen molar-refractivity contribution in [3.05, 3.63) is 70.0 Å². The summed E-state index contributed by atoms with van der Waals surface area (Å²) in [5.41, 5.74) is 1.52. The molecule has 2 heterocycles. The molecule has 1 N–H and O–H groups in total. The lowest BCUT2D eigenvalue weighted by Crippen LogP contribution is -2.49. The molecule has 0 bridgehead atoms. The van der Waals surface area contributed by atoms with Crippen LogP contribution < -0.4 is 10.2 Å². The molecule has 2 amide bonds. The number of nitrogens with zero attached hydrogens (tertiary/aromatic N) is 5. The summed E-state index contributed by atoms with van der Waals surface area (Å²) in [6, 6.07) is 15.0. The first kappa shape index (κ1) is 25.3. The van der Waals surface area contributed by atoms with Gasteiger partial charge in [0.1, 0.15) is 0 Å². The highest BCUT2D eigenvalue weighted by Crippen LogP contribution is 2.22. The Morgan fingerprint density at radius 2 is 1.77 bits per heavy atom. The molecule has 4 rings (SSSR count). The Labute approximate surface area is 218 Å². The number of rotatable bonds is 8. The minimum absolute atomic E-state index is 0.0839. The van der Waals surface area contributed by atoms with E-state index in [1.165, 1.54) is 23.5 Å². The molecule has 1 aliphatic heterocycles. The Morgan fingerprint density at radius 1 is 1.03 bits per heavy atom. The standard InChI is InChI=1S/C24H26Cl2N6O2S/c1-2-32-21(15-27-23(34)19-9-8-17(25)14-20(19)26)28-29-24(32)35-16-22(33)31-12-10-30(11-13-31)18-6-4-3-5-7-18/h3-9,14H,2,10-13,15-16H2,1H3,(H,27,34). The highest BCUT2D eigenvalue weighted by atomic mass is 35.5. The van der Waals surface area contributed by atoms with E-state index in [2.05, 4.69) is 32.5 Å². The van der Waals surface area contributed by atoms with Crippen LogP contribution in [0, 0.1) is 0 Å². The van der Waals surface area contributed by atoms with Crippen LogP contribution in [0.4, 0.5) is 5.69 Å². The zero-order valence-corrected chi connectivity index (χ0v) is 21.6. The molecule has 35 heavy (non-hydrogen) atoms. The first-order chi connectivity index (χ1) is 17.0. The number of hydrogen-bond acceptors (Lipinski definition) is 6. The van der Waals surface area contributed by atoms with Crippen molar-refractivity contribution in [3.8, 4) is 0 Å². The van der Waals surface area contributed by atoms with Crippen molar-refractivity contribution in [2.24, 2.45) is 0 Å². The number of thioether (sulfide) groups is 1. The second kappa shape index (κ2) is 11.8. The molecule has 184 valence electrons. The van der Waals surface area contributed by atoms with Gasteiger partial charge in [-0.2, -0.15) is 0 Å². The molecule has 0 aliphatic carbocycles. The molecular formula is C24H26Cl2N6O2S. The molecule has 1 saturated heterocycles. The Morgan fingerprint density at radius 3 is 2.46 bits per heavy atom. The van der Waals surface area contributed by atoms with Gasteiger partial charge in [0.05, 0.1) is 22.9 Å². The second-order valence-electron chi connectivity index (χ2n) is 7.94. The molecule has 0 unspecified atom stereocenters. The SMILES string of the molecule is CCn1c(CNC(=O)c2ccc(Cl)cc2Cl)nnc1SCC(=O)N1CCN(c2ccccc2)CC1. The van der Waals surface area contributed by atoms with Crippen LogP contribution in [0.2, 0.25) is 10.0 Å². The van der Waals surface area contributed by atoms with Crippen molar-refractivity contribution in [1.82, 2.24) is 25.0 Å². The van der Waals surface area contributed by atoms with E-state index >= 15 is 0 Å². The molecule has 0 atom stereocenters. The quantitative estimate of drug-likeness (QED) is 0.442. The fraction of sp³-hybridized carbons (Fsp3) is 0.333. The highest BCUT2D eigenvalue weighted by Gasteiger charge is 2.22. The average Bonchev–Trinajstić information content (AvgIpc) is 3.28. The number of carbonyl (C=O) groups is 2. The monoisotopic (exact) mass is 532 g/mol. The topological polar surface area (TPSA) is 83.4 Å². The molecule has 11 heteroatoms. The zero-order valence-electron chi connectivity index (χ0n) is 19.3. The van der Waals surface area contributed by atoms with Gasteiger partial charge in [-0.05, 0) is 37.3 Å². The third-order valence-corrected chi connectivity index (χ3v) is 7.27. The first-order valence-corrected chi connectivity index (χ1v) is 13.1. The summed E-state index contributed by atoms with van der Waals surface area (Å²) in [6.07, 6.45) is 0. The number of nitrogens with one attached hydrogen (secondary N) is 1. The Kier molecular flexibility index (Phi) is 8.54. The van der Waals surface area contributed by atoms with Gasteiger partial charge < -0.3 is 19.7 Å². The van der Waals surface area contributed by atoms with E-state index in [0.29, 0.717) is 41.2 Å². The average molecular weight is 533 g/mol. The van der Waals surface area contributed by atoms with E-state index in [9.17, 15) is 9.59 Å². The van der Waals surface area contributed by atoms with Crippen LogP contribution in [0.15, 0.2) is 53.7 Å². The molecular weight excluding hydrogens is 507 g/mol. The lowest BCUT2D eigenvalue weighted by Gasteiger charge is -2.36. The van der Waals surface area contributed by atoms with E-state index < -0.39 is 0 Å². The number of hydrogen-bond donors (Lipinski definition) is 1. The van der Waals surface area contributed by atoms with Crippen molar-refractivity contribution in [3.63, 3.8) is 0 Å². The largest absolute Gasteiger partial charge is 0.368 e. The van der Waals surface area contributed by atoms with E-state index in [1.807, 2.05) is 34.6 Å². The maximum Gasteiger partial charge on any atom is 0.253 e. The maximum atomic E-state index is 12.8. The summed E-state index contributed by atoms with van der Waals surface area (Å²) in [5.74, 6) is 0.658. The minimum atomic E-state index is -0.323. The Bertz CT molecular complexity index is 1180. The summed E-state index contributed by atoms with van der Waals surface area (Å²) in [6.45, 7) is 5.79. The van der Waals surface area contributed by atoms with E-state index in [-0.39, 0.29) is 29.1 Å². The summed E-state index contributed by atoms with van der Waals surface area (Å²) >= 11 is 13.4. The molecule has 1 fully saturated rings. The molecule has 2 aromatic carbocycles. The third kappa shape index (κ3) is 6.28. The van der Waals surface area contributed by atoms with E-state index in [4.69, 9.17) is 23.2 Å². The fourth-order valence-corrected chi connectivity index (χ4v) is 5.29. The van der Waals surface area contributed by atoms with E-state index in [0.717, 1.165) is 13.1 Å². The van der Waals surface area contributed by atoms with Gasteiger partial charge in [-0.15, -0.1) is 10.2 Å². The van der Waals surface area contributed by atoms with Gasteiger partial charge in [0.15, 0.2) is 11.0 Å². The summed E-state index contributed by atoms with van der Waals surface area (Å²) in [7, 11) is 0. The van der Waals surface area contributed by atoms with Crippen LogP contribution >= 0.6 is 35.0 Å². The third-order valence-electron chi connectivity index (χ3n) is 5.77. The molecule has 0 radical (unpaired) electrons. The minimum Gasteiger partial charge on any atom is -0.368 e. The van der Waals surface area contributed by atoms with Gasteiger partial charge in [-0.1, -0.05) is 53.2 Å². The number of anilines is 1. The molecule has 3 aromatic rings. The van der Waals surface area contributed by atoms with Crippen LogP contribution in [-0.4, -0.2) is 63.4 Å². The number of carbonyl (C=O) groups excluding carboxylic acids is 2.